The van der Waals surface area contributed by atoms with Crippen molar-refractivity contribution in [2.45, 2.75) is 33.1 Å². The molecule has 0 bridgehead atoms. The van der Waals surface area contributed by atoms with Crippen molar-refractivity contribution in [1.82, 2.24) is 9.80 Å². The van der Waals surface area contributed by atoms with E-state index in [0.717, 1.165) is 23.7 Å². The quantitative estimate of drug-likeness (QED) is 0.739. The fourth-order valence-corrected chi connectivity index (χ4v) is 4.34. The maximum Gasteiger partial charge on any atom is 0.00159 e. The molecule has 2 saturated heterocycles. The Labute approximate surface area is 106 Å². The Balaban J connectivity index is 1.39. The summed E-state index contributed by atoms with van der Waals surface area (Å²) in [5.74, 6) is 4.29. The number of rotatable bonds is 4. The number of nitrogens with zero attached hydrogens (tertiary/aromatic N) is 2. The van der Waals surface area contributed by atoms with Crippen LogP contribution in [0, 0.1) is 23.7 Å². The molecule has 0 aromatic rings. The maximum absolute atomic E-state index is 2.77. The normalized spacial score (nSPS) is 39.5. The van der Waals surface area contributed by atoms with Crippen molar-refractivity contribution in [3.63, 3.8) is 0 Å². The summed E-state index contributed by atoms with van der Waals surface area (Å²) < 4.78 is 0. The van der Waals surface area contributed by atoms with E-state index in [4.69, 9.17) is 0 Å². The van der Waals surface area contributed by atoms with Crippen molar-refractivity contribution < 1.29 is 0 Å². The van der Waals surface area contributed by atoms with Gasteiger partial charge in [-0.25, -0.2) is 0 Å². The molecule has 3 rings (SSSR count). The van der Waals surface area contributed by atoms with Gasteiger partial charge in [-0.05, 0) is 56.1 Å². The number of piperidine rings is 2. The van der Waals surface area contributed by atoms with Gasteiger partial charge in [-0.2, -0.15) is 0 Å². The minimum atomic E-state index is 0.996. The smallest absolute Gasteiger partial charge is 0.00159 e. The fourth-order valence-electron chi connectivity index (χ4n) is 4.34. The van der Waals surface area contributed by atoms with E-state index >= 15 is 0 Å². The molecule has 2 unspecified atom stereocenters. The Morgan fingerprint density at radius 3 is 2.12 bits per heavy atom. The van der Waals surface area contributed by atoms with Gasteiger partial charge in [0, 0.05) is 19.6 Å². The van der Waals surface area contributed by atoms with Gasteiger partial charge in [0.25, 0.3) is 0 Å². The highest BCUT2D eigenvalue weighted by Gasteiger charge is 2.54. The lowest BCUT2D eigenvalue weighted by atomic mass is 9.96. The predicted molar refractivity (Wildman–Crippen MR) is 72.0 cm³/mol. The van der Waals surface area contributed by atoms with Gasteiger partial charge in [0.2, 0.25) is 0 Å². The fraction of sp³-hybridized carbons (Fsp3) is 1.00. The van der Waals surface area contributed by atoms with Gasteiger partial charge in [0.1, 0.15) is 0 Å². The first-order valence-electron chi connectivity index (χ1n) is 7.76. The average molecular weight is 236 g/mol. The van der Waals surface area contributed by atoms with E-state index < -0.39 is 0 Å². The molecule has 1 aliphatic carbocycles. The number of hydrogen-bond donors (Lipinski definition) is 0. The monoisotopic (exact) mass is 236 g/mol. The Bertz CT molecular complexity index is 244. The summed E-state index contributed by atoms with van der Waals surface area (Å²) in [5.41, 5.74) is 0. The highest BCUT2D eigenvalue weighted by atomic mass is 15.2. The average Bonchev–Trinajstić information content (AvgIpc) is 2.85. The van der Waals surface area contributed by atoms with Gasteiger partial charge in [-0.3, -0.25) is 0 Å². The van der Waals surface area contributed by atoms with Crippen LogP contribution in [0.1, 0.15) is 33.1 Å². The largest absolute Gasteiger partial charge is 0.304 e. The van der Waals surface area contributed by atoms with Crippen LogP contribution in [0.25, 0.3) is 0 Å². The summed E-state index contributed by atoms with van der Waals surface area (Å²) in [6.07, 6.45) is 4.31. The maximum atomic E-state index is 2.77. The lowest BCUT2D eigenvalue weighted by molar-refractivity contribution is 0.150. The van der Waals surface area contributed by atoms with Crippen LogP contribution < -0.4 is 0 Å². The van der Waals surface area contributed by atoms with E-state index in [1.807, 2.05) is 0 Å². The van der Waals surface area contributed by atoms with Crippen LogP contribution in [-0.2, 0) is 0 Å². The first-order chi connectivity index (χ1) is 8.31. The van der Waals surface area contributed by atoms with E-state index in [1.165, 1.54) is 58.5 Å². The SMILES string of the molecule is CCC1C2CN(CC3CCN(CC)CC3)CC12. The lowest BCUT2D eigenvalue weighted by Gasteiger charge is -2.33. The highest BCUT2D eigenvalue weighted by molar-refractivity contribution is 5.04. The Morgan fingerprint density at radius 2 is 1.59 bits per heavy atom. The third-order valence-corrected chi connectivity index (χ3v) is 5.59. The van der Waals surface area contributed by atoms with Crippen LogP contribution in [0.2, 0.25) is 0 Å². The summed E-state index contributed by atoms with van der Waals surface area (Å²) in [6, 6.07) is 0. The van der Waals surface area contributed by atoms with Crippen LogP contribution in [-0.4, -0.2) is 49.1 Å². The molecule has 2 heteroatoms. The molecule has 98 valence electrons. The van der Waals surface area contributed by atoms with Crippen LogP contribution in [0.4, 0.5) is 0 Å². The van der Waals surface area contributed by atoms with Gasteiger partial charge in [0.05, 0.1) is 0 Å². The van der Waals surface area contributed by atoms with E-state index in [1.54, 1.807) is 0 Å². The second-order valence-corrected chi connectivity index (χ2v) is 6.50. The third kappa shape index (κ3) is 2.39. The molecule has 17 heavy (non-hydrogen) atoms. The zero-order chi connectivity index (χ0) is 11.8. The molecule has 1 saturated carbocycles. The van der Waals surface area contributed by atoms with Gasteiger partial charge >= 0.3 is 0 Å². The molecule has 3 fully saturated rings. The minimum absolute atomic E-state index is 0.996. The van der Waals surface area contributed by atoms with Crippen molar-refractivity contribution >= 4 is 0 Å². The zero-order valence-corrected chi connectivity index (χ0v) is 11.6. The Kier molecular flexibility index (Phi) is 3.45. The molecule has 2 nitrogen and oxygen atoms in total. The summed E-state index contributed by atoms with van der Waals surface area (Å²) >= 11 is 0. The first kappa shape index (κ1) is 12.0. The topological polar surface area (TPSA) is 6.48 Å². The molecule has 0 N–H and O–H groups in total. The van der Waals surface area contributed by atoms with Crippen molar-refractivity contribution in [3.8, 4) is 0 Å². The van der Waals surface area contributed by atoms with Crippen LogP contribution >= 0.6 is 0 Å². The second kappa shape index (κ2) is 4.89. The minimum Gasteiger partial charge on any atom is -0.304 e. The molecule has 0 amide bonds. The molecule has 0 aromatic carbocycles. The lowest BCUT2D eigenvalue weighted by Crippen LogP contribution is -2.38. The van der Waals surface area contributed by atoms with Gasteiger partial charge in [-0.15, -0.1) is 0 Å². The van der Waals surface area contributed by atoms with Gasteiger partial charge in [0.15, 0.2) is 0 Å². The number of fused-ring (bicyclic) bond motifs is 1. The van der Waals surface area contributed by atoms with Crippen molar-refractivity contribution in [2.75, 3.05) is 39.3 Å². The van der Waals surface area contributed by atoms with Gasteiger partial charge < -0.3 is 9.80 Å². The molecule has 0 aromatic heterocycles. The highest BCUT2D eigenvalue weighted by Crippen LogP contribution is 2.53. The summed E-state index contributed by atoms with van der Waals surface area (Å²) in [7, 11) is 0. The van der Waals surface area contributed by atoms with Crippen LogP contribution in [0.5, 0.6) is 0 Å². The Morgan fingerprint density at radius 1 is 0.941 bits per heavy atom. The van der Waals surface area contributed by atoms with E-state index in [2.05, 4.69) is 23.6 Å². The molecule has 2 aliphatic heterocycles. The molecule has 3 aliphatic rings. The molecule has 2 atom stereocenters. The van der Waals surface area contributed by atoms with Crippen LogP contribution in [0.3, 0.4) is 0 Å². The van der Waals surface area contributed by atoms with Gasteiger partial charge in [-0.1, -0.05) is 20.3 Å². The van der Waals surface area contributed by atoms with Crippen molar-refractivity contribution in [3.05, 3.63) is 0 Å². The zero-order valence-electron chi connectivity index (χ0n) is 11.6. The van der Waals surface area contributed by atoms with E-state index in [9.17, 15) is 0 Å². The van der Waals surface area contributed by atoms with Crippen molar-refractivity contribution in [1.29, 1.82) is 0 Å². The summed E-state index contributed by atoms with van der Waals surface area (Å²) in [6.45, 7) is 12.9. The standard InChI is InChI=1S/C15H28N2/c1-3-13-14-10-17(11-15(13)14)9-12-5-7-16(4-2)8-6-12/h12-15H,3-11H2,1-2H3. The predicted octanol–water partition coefficient (Wildman–Crippen LogP) is 2.31. The van der Waals surface area contributed by atoms with Crippen molar-refractivity contribution in [2.24, 2.45) is 23.7 Å². The second-order valence-electron chi connectivity index (χ2n) is 6.50. The third-order valence-electron chi connectivity index (χ3n) is 5.59. The first-order valence-corrected chi connectivity index (χ1v) is 7.76. The molecule has 0 radical (unpaired) electrons. The molecule has 2 heterocycles. The molecule has 0 spiro atoms. The Hall–Kier alpha value is -0.0800. The van der Waals surface area contributed by atoms with E-state index in [-0.39, 0.29) is 0 Å². The molecular formula is C15H28N2. The molecular weight excluding hydrogens is 208 g/mol. The van der Waals surface area contributed by atoms with Crippen LogP contribution in [0.15, 0.2) is 0 Å². The summed E-state index contributed by atoms with van der Waals surface area (Å²) in [5, 5.41) is 0. The number of likely N-dealkylation sites (tertiary alicyclic amines) is 2. The van der Waals surface area contributed by atoms with E-state index in [0.29, 0.717) is 0 Å². The summed E-state index contributed by atoms with van der Waals surface area (Å²) in [4.78, 5) is 5.37. The number of hydrogen-bond acceptors (Lipinski definition) is 2.